The molecule has 0 spiro atoms. The van der Waals surface area contributed by atoms with Gasteiger partial charge in [0, 0.05) is 0 Å². The van der Waals surface area contributed by atoms with Crippen molar-refractivity contribution < 1.29 is 24.2 Å². The Bertz CT molecular complexity index is 335. The van der Waals surface area contributed by atoms with E-state index in [4.69, 9.17) is 4.74 Å². The third-order valence-corrected chi connectivity index (χ3v) is 3.22. The Morgan fingerprint density at radius 3 is 2.65 bits per heavy atom. The summed E-state index contributed by atoms with van der Waals surface area (Å²) in [6.07, 6.45) is 0.752. The number of nitrogens with zero attached hydrogens (tertiary/aromatic N) is 1. The number of ether oxygens (including phenoxy) is 2. The second kappa shape index (κ2) is 8.18. The number of carbonyl (C=O) groups is 2. The fourth-order valence-electron chi connectivity index (χ4n) is 2.26. The van der Waals surface area contributed by atoms with Crippen LogP contribution in [-0.2, 0) is 19.1 Å². The molecule has 0 aromatic rings. The van der Waals surface area contributed by atoms with Gasteiger partial charge in [0.1, 0.15) is 6.10 Å². The van der Waals surface area contributed by atoms with Crippen LogP contribution in [0.15, 0.2) is 0 Å². The third kappa shape index (κ3) is 5.44. The van der Waals surface area contributed by atoms with Crippen molar-refractivity contribution in [2.75, 3.05) is 34.4 Å². The first-order valence-electron chi connectivity index (χ1n) is 6.73. The van der Waals surface area contributed by atoms with Gasteiger partial charge in [-0.3, -0.25) is 9.59 Å². The summed E-state index contributed by atoms with van der Waals surface area (Å²) in [6.45, 7) is 0.102. The van der Waals surface area contributed by atoms with Crippen LogP contribution in [0.1, 0.15) is 19.3 Å². The quantitative estimate of drug-likeness (QED) is 0.618. The molecule has 1 fully saturated rings. The fraction of sp³-hybridized carbons (Fsp3) is 0.846. The second-order valence-electron chi connectivity index (χ2n) is 5.25. The Balaban J connectivity index is 2.47. The first-order chi connectivity index (χ1) is 9.46. The highest BCUT2D eigenvalue weighted by Crippen LogP contribution is 2.22. The smallest absolute Gasteiger partial charge is 0.308 e. The number of nitrogens with one attached hydrogen (secondary N) is 1. The normalized spacial score (nSPS) is 26.4. The van der Waals surface area contributed by atoms with Crippen LogP contribution in [0.25, 0.3) is 0 Å². The molecule has 20 heavy (non-hydrogen) atoms. The van der Waals surface area contributed by atoms with Crippen molar-refractivity contribution in [3.05, 3.63) is 0 Å². The van der Waals surface area contributed by atoms with Crippen molar-refractivity contribution >= 4 is 11.9 Å². The number of rotatable bonds is 6. The SMILES string of the molecule is COC(=O)C[C@@H]1CC[C@@H](NC(=O)CN(C)C)[C@@H](CO)O1. The van der Waals surface area contributed by atoms with Gasteiger partial charge >= 0.3 is 5.97 Å². The number of likely N-dealkylation sites (N-methyl/N-ethyl adjacent to an activating group) is 1. The molecule has 1 saturated heterocycles. The summed E-state index contributed by atoms with van der Waals surface area (Å²) in [5, 5.41) is 12.2. The van der Waals surface area contributed by atoms with Crippen LogP contribution in [0.2, 0.25) is 0 Å². The highest BCUT2D eigenvalue weighted by atomic mass is 16.5. The Kier molecular flexibility index (Phi) is 6.90. The maximum Gasteiger partial charge on any atom is 0.308 e. The van der Waals surface area contributed by atoms with Gasteiger partial charge in [0.05, 0.1) is 38.8 Å². The molecule has 116 valence electrons. The summed E-state index contributed by atoms with van der Waals surface area (Å²) >= 11 is 0. The minimum atomic E-state index is -0.482. The number of amides is 1. The Morgan fingerprint density at radius 2 is 2.10 bits per heavy atom. The monoisotopic (exact) mass is 288 g/mol. The van der Waals surface area contributed by atoms with E-state index in [9.17, 15) is 14.7 Å². The average molecular weight is 288 g/mol. The van der Waals surface area contributed by atoms with E-state index in [0.717, 1.165) is 0 Å². The molecule has 0 aromatic carbocycles. The van der Waals surface area contributed by atoms with Crippen LogP contribution >= 0.6 is 0 Å². The molecule has 0 bridgehead atoms. The molecule has 7 nitrogen and oxygen atoms in total. The number of hydrogen-bond donors (Lipinski definition) is 2. The molecule has 1 aliphatic heterocycles. The van der Waals surface area contributed by atoms with E-state index in [1.165, 1.54) is 7.11 Å². The number of methoxy groups -OCH3 is 1. The molecule has 3 atom stereocenters. The van der Waals surface area contributed by atoms with Gasteiger partial charge in [-0.1, -0.05) is 0 Å². The van der Waals surface area contributed by atoms with Crippen LogP contribution in [0.5, 0.6) is 0 Å². The van der Waals surface area contributed by atoms with E-state index < -0.39 is 6.10 Å². The first kappa shape index (κ1) is 16.9. The van der Waals surface area contributed by atoms with Gasteiger partial charge in [-0.2, -0.15) is 0 Å². The van der Waals surface area contributed by atoms with Crippen molar-refractivity contribution in [3.63, 3.8) is 0 Å². The Hall–Kier alpha value is -1.18. The zero-order valence-electron chi connectivity index (χ0n) is 12.3. The second-order valence-corrected chi connectivity index (χ2v) is 5.25. The maximum atomic E-state index is 11.7. The lowest BCUT2D eigenvalue weighted by Gasteiger charge is -2.36. The molecule has 0 aliphatic carbocycles. The molecule has 0 unspecified atom stereocenters. The lowest BCUT2D eigenvalue weighted by molar-refractivity contribution is -0.150. The molecular formula is C13H24N2O5. The van der Waals surface area contributed by atoms with Gasteiger partial charge in [-0.05, 0) is 26.9 Å². The number of carbonyl (C=O) groups excluding carboxylic acids is 2. The zero-order chi connectivity index (χ0) is 15.1. The molecule has 0 radical (unpaired) electrons. The van der Waals surface area contributed by atoms with E-state index in [1.54, 1.807) is 4.90 Å². The van der Waals surface area contributed by atoms with E-state index >= 15 is 0 Å². The number of aliphatic hydroxyl groups is 1. The molecule has 1 amide bonds. The lowest BCUT2D eigenvalue weighted by atomic mass is 9.97. The van der Waals surface area contributed by atoms with E-state index in [-0.39, 0.29) is 37.0 Å². The molecule has 1 rings (SSSR count). The summed E-state index contributed by atoms with van der Waals surface area (Å²) in [5.74, 6) is -0.435. The topological polar surface area (TPSA) is 88.1 Å². The van der Waals surface area contributed by atoms with E-state index in [0.29, 0.717) is 19.4 Å². The highest BCUT2D eigenvalue weighted by molar-refractivity contribution is 5.78. The van der Waals surface area contributed by atoms with Gasteiger partial charge in [0.2, 0.25) is 5.91 Å². The standard InChI is InChI=1S/C13H24N2O5/c1-15(2)7-12(17)14-10-5-4-9(6-13(18)19-3)20-11(10)8-16/h9-11,16H,4-8H2,1-3H3,(H,14,17)/t9-,10+,11+/m0/s1. The van der Waals surface area contributed by atoms with Gasteiger partial charge in [0.25, 0.3) is 0 Å². The molecule has 0 aromatic heterocycles. The van der Waals surface area contributed by atoms with E-state index in [2.05, 4.69) is 10.1 Å². The van der Waals surface area contributed by atoms with Gasteiger partial charge < -0.3 is 24.8 Å². The van der Waals surface area contributed by atoms with Crippen molar-refractivity contribution in [2.24, 2.45) is 0 Å². The van der Waals surface area contributed by atoms with Crippen LogP contribution in [0.3, 0.4) is 0 Å². The van der Waals surface area contributed by atoms with Gasteiger partial charge in [-0.25, -0.2) is 0 Å². The largest absolute Gasteiger partial charge is 0.469 e. The minimum Gasteiger partial charge on any atom is -0.469 e. The molecule has 0 saturated carbocycles. The number of aliphatic hydroxyl groups excluding tert-OH is 1. The molecule has 1 aliphatic rings. The van der Waals surface area contributed by atoms with Crippen LogP contribution < -0.4 is 5.32 Å². The number of hydrogen-bond acceptors (Lipinski definition) is 6. The molecule has 2 N–H and O–H groups in total. The van der Waals surface area contributed by atoms with E-state index in [1.807, 2.05) is 14.1 Å². The summed E-state index contributed by atoms with van der Waals surface area (Å²) in [5.41, 5.74) is 0. The van der Waals surface area contributed by atoms with Crippen molar-refractivity contribution in [1.82, 2.24) is 10.2 Å². The predicted molar refractivity (Wildman–Crippen MR) is 72.1 cm³/mol. The van der Waals surface area contributed by atoms with Gasteiger partial charge in [-0.15, -0.1) is 0 Å². The highest BCUT2D eigenvalue weighted by Gasteiger charge is 2.32. The maximum absolute atomic E-state index is 11.7. The molecular weight excluding hydrogens is 264 g/mol. The van der Waals surface area contributed by atoms with Crippen LogP contribution in [0.4, 0.5) is 0 Å². The Labute approximate surface area is 119 Å². The summed E-state index contributed by atoms with van der Waals surface area (Å²) in [7, 11) is 4.96. The Morgan fingerprint density at radius 1 is 1.40 bits per heavy atom. The molecule has 1 heterocycles. The fourth-order valence-corrected chi connectivity index (χ4v) is 2.26. The minimum absolute atomic E-state index is 0.103. The average Bonchev–Trinajstić information content (AvgIpc) is 2.39. The van der Waals surface area contributed by atoms with Crippen molar-refractivity contribution in [3.8, 4) is 0 Å². The molecule has 7 heteroatoms. The summed E-state index contributed by atoms with van der Waals surface area (Å²) in [6, 6.07) is -0.221. The van der Waals surface area contributed by atoms with Crippen molar-refractivity contribution in [2.45, 2.75) is 37.5 Å². The predicted octanol–water partition coefficient (Wildman–Crippen LogP) is -0.864. The number of esters is 1. The van der Waals surface area contributed by atoms with Crippen molar-refractivity contribution in [1.29, 1.82) is 0 Å². The summed E-state index contributed by atoms with van der Waals surface area (Å²) < 4.78 is 10.2. The van der Waals surface area contributed by atoms with Crippen LogP contribution in [0, 0.1) is 0 Å². The summed E-state index contributed by atoms with van der Waals surface area (Å²) in [4.78, 5) is 24.7. The first-order valence-corrected chi connectivity index (χ1v) is 6.73. The zero-order valence-corrected chi connectivity index (χ0v) is 12.3. The third-order valence-electron chi connectivity index (χ3n) is 3.22. The lowest BCUT2D eigenvalue weighted by Crippen LogP contribution is -2.52. The van der Waals surface area contributed by atoms with Gasteiger partial charge in [0.15, 0.2) is 0 Å². The van der Waals surface area contributed by atoms with Crippen LogP contribution in [-0.4, -0.2) is 74.5 Å².